The molecule has 0 saturated carbocycles. The summed E-state index contributed by atoms with van der Waals surface area (Å²) in [7, 11) is -3.19. The van der Waals surface area contributed by atoms with E-state index in [1.807, 2.05) is 41.5 Å². The Bertz CT molecular complexity index is 213. The Morgan fingerprint density at radius 2 is 1.43 bits per heavy atom. The molecular weight excluding hydrogens is 197 g/mol. The second-order valence-corrected chi connectivity index (χ2v) is 10.9. The fraction of sp³-hybridized carbons (Fsp3) is 0.900. The number of carbonyl (C=O) groups is 1. The van der Waals surface area contributed by atoms with Gasteiger partial charge in [-0.1, -0.05) is 41.5 Å². The molecule has 2 nitrogen and oxygen atoms in total. The summed E-state index contributed by atoms with van der Waals surface area (Å²) in [5.41, 5.74) is 5.13. The highest BCUT2D eigenvalue weighted by molar-refractivity contribution is 6.81. The lowest BCUT2D eigenvalue weighted by Crippen LogP contribution is -2.50. The molecule has 14 heavy (non-hydrogen) atoms. The van der Waals surface area contributed by atoms with E-state index in [2.05, 4.69) is 0 Å². The zero-order valence-corrected chi connectivity index (χ0v) is 11.1. The van der Waals surface area contributed by atoms with E-state index in [-0.39, 0.29) is 6.04 Å². The third-order valence-electron chi connectivity index (χ3n) is 2.80. The molecule has 0 aromatic carbocycles. The van der Waals surface area contributed by atoms with Gasteiger partial charge in [-0.2, -0.15) is 0 Å². The molecule has 0 unspecified atom stereocenters. The third-order valence-corrected chi connectivity index (χ3v) is 8.39. The first-order valence-corrected chi connectivity index (χ1v) is 6.97. The number of hydrogen-bond donors (Lipinski definition) is 1. The predicted octanol–water partition coefficient (Wildman–Crippen LogP) is 2.99. The van der Waals surface area contributed by atoms with Crippen molar-refractivity contribution in [2.24, 2.45) is 5.73 Å². The smallest absolute Gasteiger partial charge is 0.266 e. The fourth-order valence-corrected chi connectivity index (χ4v) is 5.69. The Balaban J connectivity index is 5.18. The topological polar surface area (TPSA) is 43.1 Å². The monoisotopic (exact) mass is 219 g/mol. The maximum absolute atomic E-state index is 14.9. The molecule has 0 bridgehead atoms. The van der Waals surface area contributed by atoms with Crippen LogP contribution in [0.1, 0.15) is 41.5 Å². The van der Waals surface area contributed by atoms with Gasteiger partial charge >= 0.3 is 0 Å². The number of primary amides is 1. The van der Waals surface area contributed by atoms with Crippen molar-refractivity contribution in [3.63, 3.8) is 0 Å². The highest BCUT2D eigenvalue weighted by Gasteiger charge is 2.55. The van der Waals surface area contributed by atoms with Gasteiger partial charge < -0.3 is 9.84 Å². The van der Waals surface area contributed by atoms with Crippen molar-refractivity contribution in [1.82, 2.24) is 0 Å². The van der Waals surface area contributed by atoms with E-state index in [0.717, 1.165) is 0 Å². The van der Waals surface area contributed by atoms with Crippen molar-refractivity contribution in [2.45, 2.75) is 57.7 Å². The molecule has 0 aliphatic carbocycles. The molecule has 0 atom stereocenters. The van der Waals surface area contributed by atoms with E-state index >= 15 is 0 Å². The van der Waals surface area contributed by atoms with E-state index in [0.29, 0.717) is 0 Å². The van der Waals surface area contributed by atoms with Gasteiger partial charge in [0.25, 0.3) is 8.41 Å². The summed E-state index contributed by atoms with van der Waals surface area (Å²) in [6.45, 7) is 11.1. The van der Waals surface area contributed by atoms with Crippen LogP contribution in [0.25, 0.3) is 0 Å². The third kappa shape index (κ3) is 2.56. The Hall–Kier alpha value is -0.383. The lowest BCUT2D eigenvalue weighted by molar-refractivity contribution is -0.116. The minimum atomic E-state index is -3.19. The first-order chi connectivity index (χ1) is 5.92. The van der Waals surface area contributed by atoms with Crippen LogP contribution in [0, 0.1) is 0 Å². The van der Waals surface area contributed by atoms with Crippen LogP contribution in [0.15, 0.2) is 0 Å². The Morgan fingerprint density at radius 1 is 1.14 bits per heavy atom. The average molecular weight is 219 g/mol. The summed E-state index contributed by atoms with van der Waals surface area (Å²) in [5.74, 6) is -0.524. The maximum Gasteiger partial charge on any atom is 0.266 e. The lowest BCUT2D eigenvalue weighted by Gasteiger charge is -2.43. The minimum Gasteiger partial charge on any atom is -0.370 e. The zero-order valence-electron chi connectivity index (χ0n) is 10.1. The van der Waals surface area contributed by atoms with E-state index in [1.54, 1.807) is 0 Å². The van der Waals surface area contributed by atoms with Crippen molar-refractivity contribution in [3.8, 4) is 0 Å². The highest BCUT2D eigenvalue weighted by Crippen LogP contribution is 2.53. The SMILES string of the molecule is CC(C)(C)[Si](F)(CC(N)=O)C(C)(C)C. The zero-order chi connectivity index (χ0) is 11.8. The molecular formula is C10H22FNOSi. The van der Waals surface area contributed by atoms with E-state index in [9.17, 15) is 8.90 Å². The van der Waals surface area contributed by atoms with Crippen molar-refractivity contribution >= 4 is 14.3 Å². The van der Waals surface area contributed by atoms with Gasteiger partial charge in [0.1, 0.15) is 0 Å². The molecule has 84 valence electrons. The fourth-order valence-electron chi connectivity index (χ4n) is 1.90. The second-order valence-electron chi connectivity index (χ2n) is 5.94. The summed E-state index contributed by atoms with van der Waals surface area (Å²) < 4.78 is 14.9. The molecule has 0 spiro atoms. The van der Waals surface area contributed by atoms with Gasteiger partial charge in [-0.25, -0.2) is 0 Å². The molecule has 0 aromatic rings. The summed E-state index contributed by atoms with van der Waals surface area (Å²) in [6, 6.07) is -0.0833. The Morgan fingerprint density at radius 3 is 1.50 bits per heavy atom. The molecule has 0 fully saturated rings. The van der Waals surface area contributed by atoms with Gasteiger partial charge in [-0.15, -0.1) is 0 Å². The molecule has 4 heteroatoms. The molecule has 0 heterocycles. The molecule has 0 radical (unpaired) electrons. The van der Waals surface area contributed by atoms with Crippen LogP contribution in [-0.4, -0.2) is 14.3 Å². The minimum absolute atomic E-state index is 0.0833. The van der Waals surface area contributed by atoms with E-state index in [4.69, 9.17) is 5.73 Å². The molecule has 0 aliphatic rings. The number of nitrogens with two attached hydrogens (primary N) is 1. The van der Waals surface area contributed by atoms with Gasteiger partial charge in [0, 0.05) is 0 Å². The Kier molecular flexibility index (Phi) is 3.54. The van der Waals surface area contributed by atoms with Crippen molar-refractivity contribution in [3.05, 3.63) is 0 Å². The lowest BCUT2D eigenvalue weighted by atomic mass is 10.2. The summed E-state index contributed by atoms with van der Waals surface area (Å²) >= 11 is 0. The highest BCUT2D eigenvalue weighted by atomic mass is 28.4. The van der Waals surface area contributed by atoms with Crippen LogP contribution in [0.2, 0.25) is 16.1 Å². The number of rotatable bonds is 2. The molecule has 0 aromatic heterocycles. The maximum atomic E-state index is 14.9. The molecule has 0 saturated heterocycles. The first-order valence-electron chi connectivity index (χ1n) is 4.89. The van der Waals surface area contributed by atoms with Crippen LogP contribution in [0.3, 0.4) is 0 Å². The summed E-state index contributed by atoms with van der Waals surface area (Å²) in [6.07, 6.45) is 0. The summed E-state index contributed by atoms with van der Waals surface area (Å²) in [5, 5.41) is -0.916. The van der Waals surface area contributed by atoms with E-state index in [1.165, 1.54) is 0 Å². The number of hydrogen-bond acceptors (Lipinski definition) is 1. The van der Waals surface area contributed by atoms with E-state index < -0.39 is 24.4 Å². The quantitative estimate of drug-likeness (QED) is 0.563. The number of halogens is 1. The van der Waals surface area contributed by atoms with Crippen molar-refractivity contribution in [1.29, 1.82) is 0 Å². The van der Waals surface area contributed by atoms with Gasteiger partial charge in [-0.05, 0) is 10.1 Å². The second kappa shape index (κ2) is 3.64. The van der Waals surface area contributed by atoms with Gasteiger partial charge in [0.05, 0.1) is 6.04 Å². The van der Waals surface area contributed by atoms with Crippen LogP contribution < -0.4 is 5.73 Å². The summed E-state index contributed by atoms with van der Waals surface area (Å²) in [4.78, 5) is 10.9. The predicted molar refractivity (Wildman–Crippen MR) is 60.3 cm³/mol. The van der Waals surface area contributed by atoms with Crippen LogP contribution in [0.4, 0.5) is 4.11 Å². The normalized spacial score (nSPS) is 14.2. The standard InChI is InChI=1S/C10H22FNOSi/c1-9(2,3)14(11,7-8(12)13)10(4,5)6/h7H2,1-6H3,(H2,12,13). The molecule has 2 N–H and O–H groups in total. The van der Waals surface area contributed by atoms with Gasteiger partial charge in [0.15, 0.2) is 0 Å². The van der Waals surface area contributed by atoms with Crippen LogP contribution >= 0.6 is 0 Å². The number of amides is 1. The largest absolute Gasteiger partial charge is 0.370 e. The van der Waals surface area contributed by atoms with Gasteiger partial charge in [0.2, 0.25) is 5.91 Å². The Labute approximate surface area is 87.2 Å². The van der Waals surface area contributed by atoms with Crippen LogP contribution in [0.5, 0.6) is 0 Å². The van der Waals surface area contributed by atoms with Crippen molar-refractivity contribution in [2.75, 3.05) is 0 Å². The first kappa shape index (κ1) is 13.6. The van der Waals surface area contributed by atoms with Crippen LogP contribution in [-0.2, 0) is 4.79 Å². The number of carbonyl (C=O) groups excluding carboxylic acids is 1. The molecule has 1 amide bonds. The average Bonchev–Trinajstić information content (AvgIpc) is 1.79. The molecule has 0 aliphatic heterocycles. The molecule has 0 rings (SSSR count). The van der Waals surface area contributed by atoms with Crippen molar-refractivity contribution < 1.29 is 8.90 Å². The van der Waals surface area contributed by atoms with Gasteiger partial charge in [-0.3, -0.25) is 4.79 Å².